The molecule has 1 aliphatic heterocycles. The fourth-order valence-corrected chi connectivity index (χ4v) is 1.90. The summed E-state index contributed by atoms with van der Waals surface area (Å²) in [5.74, 6) is -0.632. The van der Waals surface area contributed by atoms with Crippen molar-refractivity contribution in [3.63, 3.8) is 0 Å². The van der Waals surface area contributed by atoms with Gasteiger partial charge in [-0.25, -0.2) is 4.39 Å². The highest BCUT2D eigenvalue weighted by Gasteiger charge is 2.49. The summed E-state index contributed by atoms with van der Waals surface area (Å²) in [7, 11) is 0. The van der Waals surface area contributed by atoms with Crippen LogP contribution in [0.3, 0.4) is 0 Å². The molecule has 4 N–H and O–H groups in total. The Labute approximate surface area is 102 Å². The lowest BCUT2D eigenvalue weighted by atomic mass is 10.1. The number of rotatable bonds is 3. The molecule has 4 atom stereocenters. The van der Waals surface area contributed by atoms with Gasteiger partial charge in [-0.15, -0.1) is 0 Å². The Hall–Kier alpha value is -1.57. The summed E-state index contributed by atoms with van der Waals surface area (Å²) in [6.07, 6.45) is -2.26. The number of ether oxygens (including phenoxy) is 1. The van der Waals surface area contributed by atoms with Gasteiger partial charge in [-0.2, -0.15) is 4.57 Å². The van der Waals surface area contributed by atoms with Gasteiger partial charge >= 0.3 is 0 Å². The van der Waals surface area contributed by atoms with E-state index < -0.39 is 37.1 Å². The number of aromatic nitrogens is 1. The summed E-state index contributed by atoms with van der Waals surface area (Å²) >= 11 is 0. The van der Waals surface area contributed by atoms with Gasteiger partial charge in [0, 0.05) is 6.07 Å². The highest BCUT2D eigenvalue weighted by Crippen LogP contribution is 2.27. The number of pyridine rings is 1. The van der Waals surface area contributed by atoms with Crippen LogP contribution in [0.1, 0.15) is 16.6 Å². The molecule has 1 amide bonds. The molecule has 18 heavy (non-hydrogen) atoms. The minimum absolute atomic E-state index is 0.219. The molecule has 6 nitrogen and oxygen atoms in total. The van der Waals surface area contributed by atoms with Crippen molar-refractivity contribution in [1.82, 2.24) is 0 Å². The van der Waals surface area contributed by atoms with Crippen molar-refractivity contribution >= 4 is 5.91 Å². The molecule has 0 bridgehead atoms. The van der Waals surface area contributed by atoms with Gasteiger partial charge in [0.1, 0.15) is 11.7 Å². The highest BCUT2D eigenvalue weighted by molar-refractivity contribution is 5.92. The van der Waals surface area contributed by atoms with E-state index in [9.17, 15) is 14.3 Å². The van der Waals surface area contributed by atoms with E-state index >= 15 is 0 Å². The Morgan fingerprint density at radius 2 is 2.33 bits per heavy atom. The second kappa shape index (κ2) is 4.97. The smallest absolute Gasteiger partial charge is 0.292 e. The van der Waals surface area contributed by atoms with Gasteiger partial charge < -0.3 is 20.7 Å². The van der Waals surface area contributed by atoms with Crippen LogP contribution in [-0.2, 0) is 4.74 Å². The molecule has 1 aromatic heterocycles. The highest BCUT2D eigenvalue weighted by atomic mass is 19.1. The maximum absolute atomic E-state index is 13.5. The molecule has 0 aliphatic carbocycles. The zero-order valence-electron chi connectivity index (χ0n) is 9.44. The van der Waals surface area contributed by atoms with E-state index in [1.165, 1.54) is 29.1 Å². The molecule has 98 valence electrons. The number of nitrogens with two attached hydrogens (primary N) is 1. The standard InChI is InChI=1S/C11H13FN2O4/c12-8-7(5-15)18-11(9(8)16)14-3-1-2-6(4-14)10(13)17/h1-4,7-9,11,15-16H,5H2,(H-,13,17)/p+1/t7-,8+,9-,11-/m1/s1. The fourth-order valence-electron chi connectivity index (χ4n) is 1.90. The quantitative estimate of drug-likeness (QED) is 0.584. The monoisotopic (exact) mass is 257 g/mol. The van der Waals surface area contributed by atoms with Crippen molar-refractivity contribution in [2.24, 2.45) is 5.73 Å². The first-order valence-electron chi connectivity index (χ1n) is 5.43. The number of nitrogens with zero attached hydrogens (tertiary/aromatic N) is 1. The SMILES string of the molecule is NC(=O)c1ccc[n+]([C@@H]2O[C@H](CO)[C@H](F)[C@H]2O)c1. The molecule has 1 aliphatic rings. The van der Waals surface area contributed by atoms with Crippen LogP contribution in [0.2, 0.25) is 0 Å². The van der Waals surface area contributed by atoms with Crippen LogP contribution in [0.4, 0.5) is 4.39 Å². The number of aliphatic hydroxyl groups is 2. The summed E-state index contributed by atoms with van der Waals surface area (Å²) in [6.45, 7) is -0.523. The third-order valence-corrected chi connectivity index (χ3v) is 2.87. The summed E-state index contributed by atoms with van der Waals surface area (Å²) in [6, 6.07) is 3.03. The topological polar surface area (TPSA) is 96.7 Å². The van der Waals surface area contributed by atoms with Crippen LogP contribution in [0.15, 0.2) is 24.5 Å². The zero-order chi connectivity index (χ0) is 13.3. The summed E-state index contributed by atoms with van der Waals surface area (Å²) in [4.78, 5) is 11.0. The Morgan fingerprint density at radius 3 is 2.89 bits per heavy atom. The molecule has 0 spiro atoms. The molecular weight excluding hydrogens is 243 g/mol. The van der Waals surface area contributed by atoms with Crippen LogP contribution in [0.5, 0.6) is 0 Å². The Kier molecular flexibility index (Phi) is 3.55. The normalized spacial score (nSPS) is 31.5. The van der Waals surface area contributed by atoms with Gasteiger partial charge in [-0.3, -0.25) is 4.79 Å². The maximum atomic E-state index is 13.5. The number of amides is 1. The van der Waals surface area contributed by atoms with Gasteiger partial charge in [0.2, 0.25) is 0 Å². The predicted octanol–water partition coefficient (Wildman–Crippen LogP) is -1.34. The largest absolute Gasteiger partial charge is 0.394 e. The Bertz CT molecular complexity index is 456. The number of primary amides is 1. The Balaban J connectivity index is 2.27. The molecule has 0 saturated carbocycles. The van der Waals surface area contributed by atoms with Crippen LogP contribution in [0, 0.1) is 0 Å². The van der Waals surface area contributed by atoms with E-state index in [1.54, 1.807) is 0 Å². The summed E-state index contributed by atoms with van der Waals surface area (Å²) < 4.78 is 20.1. The van der Waals surface area contributed by atoms with Crippen LogP contribution >= 0.6 is 0 Å². The van der Waals surface area contributed by atoms with E-state index in [4.69, 9.17) is 15.6 Å². The van der Waals surface area contributed by atoms with E-state index in [1.807, 2.05) is 0 Å². The molecule has 0 aromatic carbocycles. The van der Waals surface area contributed by atoms with Crippen molar-refractivity contribution in [1.29, 1.82) is 0 Å². The predicted molar refractivity (Wildman–Crippen MR) is 57.1 cm³/mol. The number of carbonyl (C=O) groups is 1. The third-order valence-electron chi connectivity index (χ3n) is 2.87. The minimum atomic E-state index is -1.68. The van der Waals surface area contributed by atoms with Gasteiger partial charge in [-0.05, 0) is 6.07 Å². The minimum Gasteiger partial charge on any atom is -0.394 e. The lowest BCUT2D eigenvalue weighted by Crippen LogP contribution is -2.46. The first kappa shape index (κ1) is 12.9. The first-order chi connectivity index (χ1) is 8.54. The molecule has 0 radical (unpaired) electrons. The molecule has 2 heterocycles. The van der Waals surface area contributed by atoms with Crippen molar-refractivity contribution in [3.8, 4) is 0 Å². The Morgan fingerprint density at radius 1 is 1.61 bits per heavy atom. The van der Waals surface area contributed by atoms with Crippen molar-refractivity contribution in [2.75, 3.05) is 6.61 Å². The van der Waals surface area contributed by atoms with Crippen LogP contribution < -0.4 is 10.3 Å². The second-order valence-electron chi connectivity index (χ2n) is 4.09. The van der Waals surface area contributed by atoms with Crippen molar-refractivity contribution < 1.29 is 28.7 Å². The number of hydrogen-bond donors (Lipinski definition) is 3. The van der Waals surface area contributed by atoms with Crippen molar-refractivity contribution in [2.45, 2.75) is 24.6 Å². The molecule has 7 heteroatoms. The van der Waals surface area contributed by atoms with Gasteiger partial charge in [0.25, 0.3) is 12.1 Å². The molecule has 1 aromatic rings. The number of hydrogen-bond acceptors (Lipinski definition) is 4. The third kappa shape index (κ3) is 2.20. The maximum Gasteiger partial charge on any atom is 0.292 e. The number of alkyl halides is 1. The van der Waals surface area contributed by atoms with Crippen LogP contribution in [0.25, 0.3) is 0 Å². The average Bonchev–Trinajstić information content (AvgIpc) is 2.66. The average molecular weight is 257 g/mol. The molecular formula is C11H14FN2O4+. The molecule has 1 fully saturated rings. The lowest BCUT2D eigenvalue weighted by molar-refractivity contribution is -0.765. The van der Waals surface area contributed by atoms with Gasteiger partial charge in [0.05, 0.1) is 6.61 Å². The molecule has 0 unspecified atom stereocenters. The molecule has 1 saturated heterocycles. The van der Waals surface area contributed by atoms with E-state index in [0.717, 1.165) is 0 Å². The van der Waals surface area contributed by atoms with Crippen molar-refractivity contribution in [3.05, 3.63) is 30.1 Å². The summed E-state index contributed by atoms with van der Waals surface area (Å²) in [5, 5.41) is 18.6. The number of halogens is 1. The van der Waals surface area contributed by atoms with Gasteiger partial charge in [-0.1, -0.05) is 0 Å². The van der Waals surface area contributed by atoms with E-state index in [0.29, 0.717) is 0 Å². The van der Waals surface area contributed by atoms with E-state index in [-0.39, 0.29) is 5.56 Å². The zero-order valence-corrected chi connectivity index (χ0v) is 9.44. The van der Waals surface area contributed by atoms with Gasteiger partial charge in [0.15, 0.2) is 24.7 Å². The number of carbonyl (C=O) groups excluding carboxylic acids is 1. The van der Waals surface area contributed by atoms with Crippen LogP contribution in [-0.4, -0.2) is 41.1 Å². The second-order valence-corrected chi connectivity index (χ2v) is 4.09. The molecule has 2 rings (SSSR count). The fraction of sp³-hybridized carbons (Fsp3) is 0.455. The lowest BCUT2D eigenvalue weighted by Gasteiger charge is -2.09. The number of aliphatic hydroxyl groups excluding tert-OH is 2. The van der Waals surface area contributed by atoms with E-state index in [2.05, 4.69) is 0 Å². The first-order valence-corrected chi connectivity index (χ1v) is 5.43. The summed E-state index contributed by atoms with van der Waals surface area (Å²) in [5.41, 5.74) is 5.35.